The molecule has 0 saturated carbocycles. The lowest BCUT2D eigenvalue weighted by Crippen LogP contribution is -2.51. The van der Waals surface area contributed by atoms with E-state index in [1.165, 1.54) is 0 Å². The molecule has 0 unspecified atom stereocenters. The highest BCUT2D eigenvalue weighted by Gasteiger charge is 2.20. The molecule has 4 nitrogen and oxygen atoms in total. The molecule has 0 radical (unpaired) electrons. The predicted octanol–water partition coefficient (Wildman–Crippen LogP) is 0.562. The molecule has 4 heteroatoms. The molecular formula is C13H25N3O. The van der Waals surface area contributed by atoms with Gasteiger partial charge in [0, 0.05) is 39.3 Å². The first-order valence-electron chi connectivity index (χ1n) is 6.45. The normalized spacial score (nSPS) is 17.5. The van der Waals surface area contributed by atoms with Crippen LogP contribution in [0.3, 0.4) is 0 Å². The molecule has 0 aromatic carbocycles. The molecule has 0 bridgehead atoms. The van der Waals surface area contributed by atoms with Gasteiger partial charge in [-0.1, -0.05) is 19.9 Å². The van der Waals surface area contributed by atoms with Crippen molar-refractivity contribution in [3.63, 3.8) is 0 Å². The van der Waals surface area contributed by atoms with Crippen LogP contribution in [0.15, 0.2) is 12.7 Å². The minimum absolute atomic E-state index is 0.205. The minimum atomic E-state index is 0.205. The summed E-state index contributed by atoms with van der Waals surface area (Å²) in [6.45, 7) is 14.1. The highest BCUT2D eigenvalue weighted by Crippen LogP contribution is 2.05. The summed E-state index contributed by atoms with van der Waals surface area (Å²) in [5.41, 5.74) is 0. The van der Waals surface area contributed by atoms with Crippen molar-refractivity contribution in [1.82, 2.24) is 15.1 Å². The van der Waals surface area contributed by atoms with Crippen molar-refractivity contribution in [2.75, 3.05) is 45.8 Å². The number of hydrogen-bond donors (Lipinski definition) is 1. The molecule has 17 heavy (non-hydrogen) atoms. The average Bonchev–Trinajstić information content (AvgIpc) is 2.29. The number of rotatable bonds is 6. The predicted molar refractivity (Wildman–Crippen MR) is 70.9 cm³/mol. The summed E-state index contributed by atoms with van der Waals surface area (Å²) in [6, 6.07) is 0. The number of nitrogens with zero attached hydrogens (tertiary/aromatic N) is 2. The summed E-state index contributed by atoms with van der Waals surface area (Å²) < 4.78 is 0. The molecule has 1 aliphatic rings. The Bertz CT molecular complexity index is 245. The van der Waals surface area contributed by atoms with Crippen molar-refractivity contribution in [1.29, 1.82) is 0 Å². The van der Waals surface area contributed by atoms with Crippen molar-refractivity contribution in [3.05, 3.63) is 12.7 Å². The van der Waals surface area contributed by atoms with Crippen molar-refractivity contribution >= 4 is 5.91 Å². The third kappa shape index (κ3) is 5.33. The summed E-state index contributed by atoms with van der Waals surface area (Å²) in [5, 5.41) is 3.05. The number of amides is 1. The van der Waals surface area contributed by atoms with E-state index in [1.54, 1.807) is 6.08 Å². The van der Waals surface area contributed by atoms with Crippen LogP contribution in [0.2, 0.25) is 0 Å². The van der Waals surface area contributed by atoms with Gasteiger partial charge in [0.25, 0.3) is 0 Å². The zero-order valence-electron chi connectivity index (χ0n) is 11.1. The number of hydrogen-bond acceptors (Lipinski definition) is 3. The molecule has 1 N–H and O–H groups in total. The van der Waals surface area contributed by atoms with Crippen LogP contribution in [-0.2, 0) is 4.79 Å². The van der Waals surface area contributed by atoms with Gasteiger partial charge in [-0.3, -0.25) is 9.69 Å². The Balaban J connectivity index is 2.21. The zero-order valence-corrected chi connectivity index (χ0v) is 11.1. The van der Waals surface area contributed by atoms with Crippen LogP contribution in [0.4, 0.5) is 0 Å². The Labute approximate surface area is 105 Å². The van der Waals surface area contributed by atoms with Crippen LogP contribution in [0.25, 0.3) is 0 Å². The highest BCUT2D eigenvalue weighted by molar-refractivity contribution is 5.78. The van der Waals surface area contributed by atoms with Gasteiger partial charge in [0.2, 0.25) is 5.91 Å². The fraction of sp³-hybridized carbons (Fsp3) is 0.769. The van der Waals surface area contributed by atoms with E-state index in [-0.39, 0.29) is 5.91 Å². The van der Waals surface area contributed by atoms with Crippen LogP contribution in [0.1, 0.15) is 13.8 Å². The summed E-state index contributed by atoms with van der Waals surface area (Å²) >= 11 is 0. The molecule has 0 aromatic heterocycles. The van der Waals surface area contributed by atoms with Crippen LogP contribution >= 0.6 is 0 Å². The van der Waals surface area contributed by atoms with E-state index >= 15 is 0 Å². The van der Waals surface area contributed by atoms with Crippen LogP contribution in [0.5, 0.6) is 0 Å². The zero-order chi connectivity index (χ0) is 12.7. The SMILES string of the molecule is C=CCNCC(=O)N1CCN(CC(C)C)CC1. The summed E-state index contributed by atoms with van der Waals surface area (Å²) in [5.74, 6) is 0.905. The Morgan fingerprint density at radius 3 is 2.53 bits per heavy atom. The number of carbonyl (C=O) groups excluding carboxylic acids is 1. The lowest BCUT2D eigenvalue weighted by atomic mass is 10.2. The lowest BCUT2D eigenvalue weighted by Gasteiger charge is -2.35. The Morgan fingerprint density at radius 1 is 1.35 bits per heavy atom. The van der Waals surface area contributed by atoms with Gasteiger partial charge in [0.1, 0.15) is 0 Å². The second kappa shape index (κ2) is 7.45. The van der Waals surface area contributed by atoms with E-state index in [0.717, 1.165) is 32.7 Å². The van der Waals surface area contributed by atoms with E-state index in [4.69, 9.17) is 0 Å². The molecule has 98 valence electrons. The molecule has 1 aliphatic heterocycles. The number of piperazine rings is 1. The van der Waals surface area contributed by atoms with Crippen LogP contribution in [-0.4, -0.2) is 61.5 Å². The Kier molecular flexibility index (Phi) is 6.22. The third-order valence-corrected chi connectivity index (χ3v) is 2.91. The second-order valence-corrected chi connectivity index (χ2v) is 4.99. The van der Waals surface area contributed by atoms with E-state index in [9.17, 15) is 4.79 Å². The maximum Gasteiger partial charge on any atom is 0.236 e. The molecule has 0 atom stereocenters. The number of nitrogens with one attached hydrogen (secondary N) is 1. The molecule has 1 saturated heterocycles. The molecule has 0 aromatic rings. The van der Waals surface area contributed by atoms with Gasteiger partial charge in [-0.25, -0.2) is 0 Å². The van der Waals surface area contributed by atoms with Gasteiger partial charge in [0.05, 0.1) is 6.54 Å². The van der Waals surface area contributed by atoms with Gasteiger partial charge in [-0.15, -0.1) is 6.58 Å². The van der Waals surface area contributed by atoms with E-state index in [2.05, 4.69) is 30.6 Å². The fourth-order valence-corrected chi connectivity index (χ4v) is 2.09. The maximum atomic E-state index is 11.8. The van der Waals surface area contributed by atoms with Crippen molar-refractivity contribution in [2.24, 2.45) is 5.92 Å². The van der Waals surface area contributed by atoms with Gasteiger partial charge >= 0.3 is 0 Å². The lowest BCUT2D eigenvalue weighted by molar-refractivity contribution is -0.132. The van der Waals surface area contributed by atoms with Gasteiger partial charge < -0.3 is 10.2 Å². The van der Waals surface area contributed by atoms with Crippen LogP contribution in [0, 0.1) is 5.92 Å². The summed E-state index contributed by atoms with van der Waals surface area (Å²) in [7, 11) is 0. The average molecular weight is 239 g/mol. The molecule has 1 amide bonds. The molecule has 1 fully saturated rings. The summed E-state index contributed by atoms with van der Waals surface area (Å²) in [4.78, 5) is 16.2. The minimum Gasteiger partial charge on any atom is -0.339 e. The monoisotopic (exact) mass is 239 g/mol. The standard InChI is InChI=1S/C13H25N3O/c1-4-5-14-10-13(17)16-8-6-15(7-9-16)11-12(2)3/h4,12,14H,1,5-11H2,2-3H3. The van der Waals surface area contributed by atoms with Crippen molar-refractivity contribution < 1.29 is 4.79 Å². The third-order valence-electron chi connectivity index (χ3n) is 2.91. The van der Waals surface area contributed by atoms with E-state index in [0.29, 0.717) is 19.0 Å². The topological polar surface area (TPSA) is 35.6 Å². The molecule has 0 aliphatic carbocycles. The Morgan fingerprint density at radius 2 is 2.00 bits per heavy atom. The van der Waals surface area contributed by atoms with Gasteiger partial charge in [-0.05, 0) is 5.92 Å². The van der Waals surface area contributed by atoms with Gasteiger partial charge in [0.15, 0.2) is 0 Å². The molecule has 0 spiro atoms. The first kappa shape index (κ1) is 14.2. The smallest absolute Gasteiger partial charge is 0.236 e. The first-order valence-corrected chi connectivity index (χ1v) is 6.45. The molecule has 1 heterocycles. The summed E-state index contributed by atoms with van der Waals surface area (Å²) in [6.07, 6.45) is 1.77. The quantitative estimate of drug-likeness (QED) is 0.543. The van der Waals surface area contributed by atoms with Crippen molar-refractivity contribution in [2.45, 2.75) is 13.8 Å². The Hall–Kier alpha value is -0.870. The van der Waals surface area contributed by atoms with Crippen molar-refractivity contribution in [3.8, 4) is 0 Å². The number of carbonyl (C=O) groups is 1. The van der Waals surface area contributed by atoms with E-state index < -0.39 is 0 Å². The second-order valence-electron chi connectivity index (χ2n) is 4.99. The van der Waals surface area contributed by atoms with Crippen LogP contribution < -0.4 is 5.32 Å². The highest BCUT2D eigenvalue weighted by atomic mass is 16.2. The first-order chi connectivity index (χ1) is 8.13. The molecule has 1 rings (SSSR count). The maximum absolute atomic E-state index is 11.8. The fourth-order valence-electron chi connectivity index (χ4n) is 2.09. The van der Waals surface area contributed by atoms with E-state index in [1.807, 2.05) is 4.90 Å². The van der Waals surface area contributed by atoms with Gasteiger partial charge in [-0.2, -0.15) is 0 Å². The largest absolute Gasteiger partial charge is 0.339 e. The molecular weight excluding hydrogens is 214 g/mol.